The number of benzene rings is 1. The predicted octanol–water partition coefficient (Wildman–Crippen LogP) is 5.05. The number of alkyl halides is 7. The van der Waals surface area contributed by atoms with E-state index in [0.29, 0.717) is 17.5 Å². The van der Waals surface area contributed by atoms with Crippen LogP contribution in [0.15, 0.2) is 29.4 Å². The molecule has 0 spiro atoms. The molecule has 0 radical (unpaired) electrons. The molecule has 1 fully saturated rings. The minimum atomic E-state index is -6.18. The van der Waals surface area contributed by atoms with E-state index in [-0.39, 0.29) is 21.7 Å². The van der Waals surface area contributed by atoms with E-state index >= 15 is 0 Å². The topological polar surface area (TPSA) is 133 Å². The zero-order valence-electron chi connectivity index (χ0n) is 20.2. The van der Waals surface area contributed by atoms with Gasteiger partial charge < -0.3 is 15.4 Å². The van der Waals surface area contributed by atoms with Crippen LogP contribution in [0.3, 0.4) is 0 Å². The molecule has 1 aromatic carbocycles. The number of amides is 1. The number of aromatic nitrogens is 2. The predicted molar refractivity (Wildman–Crippen MR) is 126 cm³/mol. The molecule has 1 aromatic heterocycles. The molecule has 1 heterocycles. The minimum absolute atomic E-state index is 0.0583. The summed E-state index contributed by atoms with van der Waals surface area (Å²) in [5.41, 5.74) is 2.24. The first-order chi connectivity index (χ1) is 18.6. The zero-order chi connectivity index (χ0) is 30.0. The molecule has 1 aliphatic rings. The summed E-state index contributed by atoms with van der Waals surface area (Å²) in [5.74, 6) is -8.94. The molecule has 2 N–H and O–H groups in total. The van der Waals surface area contributed by atoms with E-state index in [1.807, 2.05) is 12.1 Å². The van der Waals surface area contributed by atoms with Gasteiger partial charge in [-0.05, 0) is 30.5 Å². The number of aryl methyl sites for hydroxylation is 1. The molecule has 3 rings (SSSR count). The van der Waals surface area contributed by atoms with Gasteiger partial charge in [0.1, 0.15) is 12.1 Å². The molecule has 0 bridgehead atoms. The smallest absolute Gasteiger partial charge is 0.428 e. The number of aliphatic imine (C=N–C) groups is 1. The first-order valence-corrected chi connectivity index (χ1v) is 11.3. The molecule has 212 valence electrons. The quantitative estimate of drug-likeness (QED) is 0.246. The van der Waals surface area contributed by atoms with E-state index in [4.69, 9.17) is 22.6 Å². The Balaban J connectivity index is 2.04. The fourth-order valence-corrected chi connectivity index (χ4v) is 3.78. The standard InChI is InChI=1S/C23H17ClF7N7O2/c1-37-18(16(40-20(25)26)17(36-37)22(27,28)23(29,30)31)35-10-13(9-33)12-2-3-15(24)14(8-12)19(39)38(7-6-32)21(11-34)4-5-21/h2-3,8-10,20H,4-5,7,33H2,1H3. The summed E-state index contributed by atoms with van der Waals surface area (Å²) < 4.78 is 96.9. The Morgan fingerprint density at radius 3 is 2.48 bits per heavy atom. The summed E-state index contributed by atoms with van der Waals surface area (Å²) in [4.78, 5) is 18.0. The average molecular weight is 592 g/mol. The summed E-state index contributed by atoms with van der Waals surface area (Å²) >= 11 is 6.18. The van der Waals surface area contributed by atoms with Crippen LogP contribution in [-0.4, -0.2) is 51.7 Å². The van der Waals surface area contributed by atoms with Crippen molar-refractivity contribution in [3.63, 3.8) is 0 Å². The van der Waals surface area contributed by atoms with Crippen molar-refractivity contribution in [3.05, 3.63) is 46.2 Å². The maximum absolute atomic E-state index is 14.0. The highest BCUT2D eigenvalue weighted by Crippen LogP contribution is 2.49. The number of carbonyl (C=O) groups is 1. The summed E-state index contributed by atoms with van der Waals surface area (Å²) in [7, 11) is 0.874. The number of hydrogen-bond acceptors (Lipinski definition) is 7. The number of halogens is 8. The van der Waals surface area contributed by atoms with Gasteiger partial charge in [0, 0.05) is 25.0 Å². The summed E-state index contributed by atoms with van der Waals surface area (Å²) in [6.07, 6.45) is -3.75. The van der Waals surface area contributed by atoms with E-state index in [9.17, 15) is 40.8 Å². The van der Waals surface area contributed by atoms with Crippen LogP contribution in [0.25, 0.3) is 5.57 Å². The van der Waals surface area contributed by atoms with Gasteiger partial charge in [0.25, 0.3) is 5.91 Å². The third-order valence-corrected chi connectivity index (χ3v) is 6.12. The van der Waals surface area contributed by atoms with Crippen molar-refractivity contribution >= 4 is 35.1 Å². The van der Waals surface area contributed by atoms with Crippen LogP contribution in [0.4, 0.5) is 36.6 Å². The largest absolute Gasteiger partial charge is 0.459 e. The van der Waals surface area contributed by atoms with Crippen molar-refractivity contribution in [1.82, 2.24) is 14.7 Å². The van der Waals surface area contributed by atoms with Crippen LogP contribution in [0.5, 0.6) is 5.75 Å². The van der Waals surface area contributed by atoms with Crippen LogP contribution < -0.4 is 10.5 Å². The van der Waals surface area contributed by atoms with Gasteiger partial charge in [0.05, 0.1) is 22.7 Å². The Bertz CT molecular complexity index is 1450. The Labute approximate surface area is 226 Å². The van der Waals surface area contributed by atoms with Crippen molar-refractivity contribution in [2.45, 2.75) is 37.1 Å². The molecule has 1 aliphatic carbocycles. The molecule has 2 aromatic rings. The fraction of sp³-hybridized carbons (Fsp3) is 0.348. The zero-order valence-corrected chi connectivity index (χ0v) is 20.9. The van der Waals surface area contributed by atoms with E-state index in [0.717, 1.165) is 24.4 Å². The molecule has 9 nitrogen and oxygen atoms in total. The van der Waals surface area contributed by atoms with Gasteiger partial charge in [-0.15, -0.1) is 0 Å². The lowest BCUT2D eigenvalue weighted by Crippen LogP contribution is -2.41. The van der Waals surface area contributed by atoms with Gasteiger partial charge in [0.15, 0.2) is 17.3 Å². The third kappa shape index (κ3) is 5.67. The average Bonchev–Trinajstić information content (AvgIpc) is 3.61. The summed E-state index contributed by atoms with van der Waals surface area (Å²) in [6, 6.07) is 7.65. The Morgan fingerprint density at radius 2 is 1.98 bits per heavy atom. The molecular weight excluding hydrogens is 575 g/mol. The lowest BCUT2D eigenvalue weighted by Gasteiger charge is -2.25. The molecule has 1 amide bonds. The highest BCUT2D eigenvalue weighted by molar-refractivity contribution is 6.34. The number of allylic oxidation sites excluding steroid dienone is 1. The molecule has 0 aliphatic heterocycles. The van der Waals surface area contributed by atoms with Crippen molar-refractivity contribution < 1.29 is 40.3 Å². The van der Waals surface area contributed by atoms with E-state index < -0.39 is 54.0 Å². The second-order valence-electron chi connectivity index (χ2n) is 8.34. The SMILES string of the molecule is Cn1nc(C(F)(F)C(F)(F)F)c(OC(F)F)c1N=CC(=CN)c1ccc(Cl)c(C(=O)N(CC#N)C2(C#N)CC2)c1. The number of nitrogens with two attached hydrogens (primary N) is 1. The first-order valence-electron chi connectivity index (χ1n) is 11.0. The van der Waals surface area contributed by atoms with Crippen LogP contribution in [0.2, 0.25) is 5.02 Å². The molecule has 0 atom stereocenters. The summed E-state index contributed by atoms with van der Waals surface area (Å²) in [5, 5.41) is 21.6. The maximum atomic E-state index is 14.0. The van der Waals surface area contributed by atoms with E-state index in [2.05, 4.69) is 14.8 Å². The fourth-order valence-electron chi connectivity index (χ4n) is 3.58. The number of carbonyl (C=O) groups excluding carboxylic acids is 1. The van der Waals surface area contributed by atoms with Crippen molar-refractivity contribution in [2.75, 3.05) is 6.54 Å². The normalized spacial score (nSPS) is 15.2. The number of ether oxygens (including phenoxy) is 1. The highest BCUT2D eigenvalue weighted by Gasteiger charge is 2.62. The molecule has 1 saturated carbocycles. The van der Waals surface area contributed by atoms with Gasteiger partial charge in [-0.2, -0.15) is 46.4 Å². The number of hydrogen-bond donors (Lipinski definition) is 1. The molecule has 40 heavy (non-hydrogen) atoms. The van der Waals surface area contributed by atoms with Gasteiger partial charge in [-0.25, -0.2) is 9.67 Å². The molecule has 0 unspecified atom stereocenters. The van der Waals surface area contributed by atoms with E-state index in [1.54, 1.807) is 0 Å². The van der Waals surface area contributed by atoms with Gasteiger partial charge in [0.2, 0.25) is 0 Å². The molecule has 17 heteroatoms. The lowest BCUT2D eigenvalue weighted by atomic mass is 10.0. The van der Waals surface area contributed by atoms with Crippen LogP contribution >= 0.6 is 11.6 Å². The number of nitriles is 2. The van der Waals surface area contributed by atoms with Crippen LogP contribution in [0.1, 0.15) is 34.5 Å². The Kier molecular flexibility index (Phi) is 8.35. The first kappa shape index (κ1) is 30.2. The van der Waals surface area contributed by atoms with E-state index in [1.165, 1.54) is 18.2 Å². The van der Waals surface area contributed by atoms with Crippen molar-refractivity contribution in [3.8, 4) is 17.9 Å². The number of rotatable bonds is 9. The molecule has 0 saturated heterocycles. The lowest BCUT2D eigenvalue weighted by molar-refractivity contribution is -0.291. The second kappa shape index (κ2) is 11.1. The van der Waals surface area contributed by atoms with Crippen LogP contribution in [-0.2, 0) is 13.0 Å². The molecular formula is C23H17ClF7N7O2. The highest BCUT2D eigenvalue weighted by atomic mass is 35.5. The van der Waals surface area contributed by atoms with Crippen molar-refractivity contribution in [1.29, 1.82) is 10.5 Å². The van der Waals surface area contributed by atoms with Crippen LogP contribution in [0, 0.1) is 22.7 Å². The Hall–Kier alpha value is -4.31. The number of nitrogens with zero attached hydrogens (tertiary/aromatic N) is 6. The Morgan fingerprint density at radius 1 is 1.32 bits per heavy atom. The third-order valence-electron chi connectivity index (χ3n) is 5.79. The second-order valence-corrected chi connectivity index (χ2v) is 8.75. The minimum Gasteiger partial charge on any atom is -0.428 e. The van der Waals surface area contributed by atoms with Gasteiger partial charge >= 0.3 is 18.7 Å². The maximum Gasteiger partial charge on any atom is 0.459 e. The van der Waals surface area contributed by atoms with Crippen molar-refractivity contribution in [2.24, 2.45) is 17.8 Å². The monoisotopic (exact) mass is 591 g/mol. The van der Waals surface area contributed by atoms with Gasteiger partial charge in [-0.1, -0.05) is 17.7 Å². The summed E-state index contributed by atoms with van der Waals surface area (Å²) in [6.45, 7) is -4.21. The van der Waals surface area contributed by atoms with Gasteiger partial charge in [-0.3, -0.25) is 4.79 Å².